The van der Waals surface area contributed by atoms with Crippen LogP contribution in [0.1, 0.15) is 26.2 Å². The monoisotopic (exact) mass is 274 g/mol. The molecule has 102 valence electrons. The van der Waals surface area contributed by atoms with Gasteiger partial charge in [-0.3, -0.25) is 0 Å². The van der Waals surface area contributed by atoms with Gasteiger partial charge in [-0.05, 0) is 12.8 Å². The molecular formula is C9H17F3N2O2S. The highest BCUT2D eigenvalue weighted by Crippen LogP contribution is 2.26. The van der Waals surface area contributed by atoms with Crippen LogP contribution in [0.25, 0.3) is 0 Å². The van der Waals surface area contributed by atoms with E-state index in [0.29, 0.717) is 6.42 Å². The number of sulfonamides is 1. The molecule has 1 saturated heterocycles. The van der Waals surface area contributed by atoms with Gasteiger partial charge in [-0.15, -0.1) is 0 Å². The second-order valence-corrected chi connectivity index (χ2v) is 6.61. The Morgan fingerprint density at radius 1 is 1.35 bits per heavy atom. The van der Waals surface area contributed by atoms with Crippen LogP contribution in [-0.4, -0.2) is 43.3 Å². The average molecular weight is 274 g/mol. The third-order valence-corrected chi connectivity index (χ3v) is 4.79. The molecule has 0 amide bonds. The predicted octanol–water partition coefficient (Wildman–Crippen LogP) is 1.08. The molecule has 2 N–H and O–H groups in total. The summed E-state index contributed by atoms with van der Waals surface area (Å²) in [5, 5.41) is 0. The summed E-state index contributed by atoms with van der Waals surface area (Å²) in [7, 11) is -3.57. The minimum atomic E-state index is -4.30. The van der Waals surface area contributed by atoms with Gasteiger partial charge in [0.25, 0.3) is 0 Å². The molecule has 1 fully saturated rings. The van der Waals surface area contributed by atoms with Crippen LogP contribution in [-0.2, 0) is 10.0 Å². The SMILES string of the molecule is CCC1(N)CN(S(=O)(=O)CCCC(F)(F)F)C1. The number of halogens is 3. The summed E-state index contributed by atoms with van der Waals surface area (Å²) in [6, 6.07) is 0. The van der Waals surface area contributed by atoms with E-state index in [-0.39, 0.29) is 13.1 Å². The lowest BCUT2D eigenvalue weighted by molar-refractivity contribution is -0.134. The molecule has 8 heteroatoms. The molecule has 0 radical (unpaired) electrons. The largest absolute Gasteiger partial charge is 0.389 e. The van der Waals surface area contributed by atoms with Crippen LogP contribution in [0.5, 0.6) is 0 Å². The van der Waals surface area contributed by atoms with Crippen LogP contribution < -0.4 is 5.73 Å². The van der Waals surface area contributed by atoms with Crippen LogP contribution in [0.3, 0.4) is 0 Å². The highest BCUT2D eigenvalue weighted by Gasteiger charge is 2.43. The van der Waals surface area contributed by atoms with Crippen LogP contribution >= 0.6 is 0 Å². The van der Waals surface area contributed by atoms with Gasteiger partial charge in [-0.1, -0.05) is 6.92 Å². The number of hydrogen-bond acceptors (Lipinski definition) is 3. The van der Waals surface area contributed by atoms with Crippen LogP contribution in [0.15, 0.2) is 0 Å². The summed E-state index contributed by atoms with van der Waals surface area (Å²) in [6.07, 6.45) is -5.11. The Bertz CT molecular complexity index is 361. The maximum Gasteiger partial charge on any atom is 0.389 e. The van der Waals surface area contributed by atoms with Crippen LogP contribution in [0.4, 0.5) is 13.2 Å². The Balaban J connectivity index is 2.39. The van der Waals surface area contributed by atoms with Crippen molar-refractivity contribution in [3.63, 3.8) is 0 Å². The molecule has 0 saturated carbocycles. The lowest BCUT2D eigenvalue weighted by Gasteiger charge is -2.46. The zero-order valence-electron chi connectivity index (χ0n) is 9.63. The van der Waals surface area contributed by atoms with Crippen molar-refractivity contribution in [1.82, 2.24) is 4.31 Å². The Hall–Kier alpha value is -0.340. The highest BCUT2D eigenvalue weighted by atomic mass is 32.2. The molecule has 0 spiro atoms. The Morgan fingerprint density at radius 2 is 1.88 bits per heavy atom. The third kappa shape index (κ3) is 4.11. The summed E-state index contributed by atoms with van der Waals surface area (Å²) in [5.74, 6) is -0.466. The van der Waals surface area contributed by atoms with Crippen LogP contribution in [0, 0.1) is 0 Å². The Labute approximate surface area is 99.0 Å². The zero-order valence-corrected chi connectivity index (χ0v) is 10.4. The van der Waals surface area contributed by atoms with Gasteiger partial charge in [-0.2, -0.15) is 17.5 Å². The summed E-state index contributed by atoms with van der Waals surface area (Å²) in [6.45, 7) is 2.27. The first-order valence-electron chi connectivity index (χ1n) is 5.41. The van der Waals surface area contributed by atoms with Crippen molar-refractivity contribution in [1.29, 1.82) is 0 Å². The molecule has 0 aromatic rings. The molecule has 1 aliphatic heterocycles. The molecule has 0 unspecified atom stereocenters. The molecule has 1 heterocycles. The molecule has 0 aromatic carbocycles. The van der Waals surface area contributed by atoms with E-state index in [9.17, 15) is 21.6 Å². The second kappa shape index (κ2) is 4.74. The van der Waals surface area contributed by atoms with Crippen molar-refractivity contribution in [3.8, 4) is 0 Å². The van der Waals surface area contributed by atoms with E-state index >= 15 is 0 Å². The lowest BCUT2D eigenvalue weighted by Crippen LogP contribution is -2.68. The maximum atomic E-state index is 11.9. The average Bonchev–Trinajstić information content (AvgIpc) is 2.10. The normalized spacial score (nSPS) is 21.2. The minimum Gasteiger partial charge on any atom is -0.323 e. The molecule has 0 aromatic heterocycles. The van der Waals surface area contributed by atoms with E-state index in [1.54, 1.807) is 0 Å². The quantitative estimate of drug-likeness (QED) is 0.816. The molecule has 0 atom stereocenters. The van der Waals surface area contributed by atoms with Crippen molar-refractivity contribution in [2.75, 3.05) is 18.8 Å². The fraction of sp³-hybridized carbons (Fsp3) is 1.00. The number of nitrogens with zero attached hydrogens (tertiary/aromatic N) is 1. The van der Waals surface area contributed by atoms with Crippen molar-refractivity contribution in [3.05, 3.63) is 0 Å². The molecule has 0 bridgehead atoms. The van der Waals surface area contributed by atoms with Crippen molar-refractivity contribution < 1.29 is 21.6 Å². The maximum absolute atomic E-state index is 11.9. The molecule has 1 rings (SSSR count). The standard InChI is InChI=1S/C9H17F3N2O2S/c1-2-8(13)6-14(7-8)17(15,16)5-3-4-9(10,11)12/h2-7,13H2,1H3. The van der Waals surface area contributed by atoms with E-state index < -0.39 is 40.3 Å². The number of alkyl halides is 3. The van der Waals surface area contributed by atoms with Gasteiger partial charge in [0.2, 0.25) is 10.0 Å². The summed E-state index contributed by atoms with van der Waals surface area (Å²) >= 11 is 0. The lowest BCUT2D eigenvalue weighted by atomic mass is 9.91. The van der Waals surface area contributed by atoms with Gasteiger partial charge in [0.05, 0.1) is 5.75 Å². The summed E-state index contributed by atoms with van der Waals surface area (Å²) in [5.41, 5.74) is 5.30. The molecule has 4 nitrogen and oxygen atoms in total. The van der Waals surface area contributed by atoms with Gasteiger partial charge >= 0.3 is 6.18 Å². The van der Waals surface area contributed by atoms with Crippen molar-refractivity contribution in [2.45, 2.75) is 37.9 Å². The van der Waals surface area contributed by atoms with E-state index in [1.165, 1.54) is 0 Å². The predicted molar refractivity (Wildman–Crippen MR) is 57.9 cm³/mol. The fourth-order valence-electron chi connectivity index (χ4n) is 1.66. The smallest absolute Gasteiger partial charge is 0.323 e. The number of hydrogen-bond donors (Lipinski definition) is 1. The first kappa shape index (κ1) is 14.7. The van der Waals surface area contributed by atoms with Gasteiger partial charge in [-0.25, -0.2) is 8.42 Å². The number of rotatable bonds is 5. The fourth-order valence-corrected chi connectivity index (χ4v) is 3.34. The zero-order chi connectivity index (χ0) is 13.3. The Morgan fingerprint density at radius 3 is 2.29 bits per heavy atom. The van der Waals surface area contributed by atoms with E-state index in [2.05, 4.69) is 0 Å². The van der Waals surface area contributed by atoms with E-state index in [1.807, 2.05) is 6.92 Å². The second-order valence-electron chi connectivity index (χ2n) is 4.52. The van der Waals surface area contributed by atoms with E-state index in [4.69, 9.17) is 5.73 Å². The minimum absolute atomic E-state index is 0.206. The van der Waals surface area contributed by atoms with Gasteiger partial charge in [0.15, 0.2) is 0 Å². The van der Waals surface area contributed by atoms with E-state index in [0.717, 1.165) is 4.31 Å². The molecule has 1 aliphatic rings. The first-order chi connectivity index (χ1) is 7.58. The highest BCUT2D eigenvalue weighted by molar-refractivity contribution is 7.89. The number of nitrogens with two attached hydrogens (primary N) is 1. The van der Waals surface area contributed by atoms with Crippen LogP contribution in [0.2, 0.25) is 0 Å². The first-order valence-corrected chi connectivity index (χ1v) is 7.02. The molecular weight excluding hydrogens is 257 g/mol. The van der Waals surface area contributed by atoms with Crippen molar-refractivity contribution in [2.24, 2.45) is 5.73 Å². The van der Waals surface area contributed by atoms with Gasteiger partial charge in [0, 0.05) is 25.0 Å². The van der Waals surface area contributed by atoms with Gasteiger partial charge < -0.3 is 5.73 Å². The van der Waals surface area contributed by atoms with Crippen molar-refractivity contribution >= 4 is 10.0 Å². The topological polar surface area (TPSA) is 63.4 Å². The Kier molecular flexibility index (Phi) is 4.10. The summed E-state index contributed by atoms with van der Waals surface area (Å²) < 4.78 is 60.0. The van der Waals surface area contributed by atoms with Gasteiger partial charge in [0.1, 0.15) is 0 Å². The third-order valence-electron chi connectivity index (χ3n) is 2.94. The molecule has 17 heavy (non-hydrogen) atoms. The molecule has 0 aliphatic carbocycles. The summed E-state index contributed by atoms with van der Waals surface area (Å²) in [4.78, 5) is 0.